The fourth-order valence-corrected chi connectivity index (χ4v) is 2.88. The Balaban J connectivity index is 1.67. The van der Waals surface area contributed by atoms with E-state index in [0.717, 1.165) is 5.75 Å². The van der Waals surface area contributed by atoms with Gasteiger partial charge in [0.15, 0.2) is 0 Å². The molecule has 7 heteroatoms. The first-order valence-electron chi connectivity index (χ1n) is 8.78. The maximum Gasteiger partial charge on any atom is 0.253 e. The Kier molecular flexibility index (Phi) is 5.84. The Labute approximate surface area is 162 Å². The van der Waals surface area contributed by atoms with Crippen molar-refractivity contribution in [1.82, 2.24) is 9.88 Å². The molecule has 0 bridgehead atoms. The van der Waals surface area contributed by atoms with Crippen molar-refractivity contribution in [1.29, 1.82) is 0 Å². The van der Waals surface area contributed by atoms with Gasteiger partial charge in [-0.3, -0.25) is 14.2 Å². The average Bonchev–Trinajstić information content (AvgIpc) is 3.10. The van der Waals surface area contributed by atoms with E-state index in [0.29, 0.717) is 41.1 Å². The monoisotopic (exact) mass is 382 g/mol. The molecule has 1 heterocycles. The predicted octanol–water partition coefficient (Wildman–Crippen LogP) is 3.13. The number of methoxy groups -OCH3 is 2. The first kappa shape index (κ1) is 19.3. The van der Waals surface area contributed by atoms with Crippen LogP contribution < -0.4 is 19.5 Å². The molecule has 0 radical (unpaired) electrons. The fourth-order valence-electron chi connectivity index (χ4n) is 2.88. The number of benzene rings is 2. The van der Waals surface area contributed by atoms with Crippen molar-refractivity contribution in [3.63, 3.8) is 0 Å². The van der Waals surface area contributed by atoms with E-state index in [1.54, 1.807) is 62.9 Å². The van der Waals surface area contributed by atoms with E-state index < -0.39 is 0 Å². The molecule has 28 heavy (non-hydrogen) atoms. The number of amides is 1. The summed E-state index contributed by atoms with van der Waals surface area (Å²) < 4.78 is 17.4. The molecule has 0 aliphatic carbocycles. The fraction of sp³-hybridized carbons (Fsp3) is 0.238. The van der Waals surface area contributed by atoms with Gasteiger partial charge >= 0.3 is 0 Å². The van der Waals surface area contributed by atoms with Crippen molar-refractivity contribution in [3.8, 4) is 17.2 Å². The van der Waals surface area contributed by atoms with Crippen LogP contribution in [0.15, 0.2) is 48.7 Å². The topological polar surface area (TPSA) is 78.8 Å². The Hall–Kier alpha value is -3.48. The smallest absolute Gasteiger partial charge is 0.253 e. The molecule has 0 spiro atoms. The molecule has 3 rings (SSSR count). The summed E-state index contributed by atoms with van der Waals surface area (Å²) in [4.78, 5) is 24.5. The van der Waals surface area contributed by atoms with Gasteiger partial charge in [0.05, 0.1) is 31.8 Å². The number of carbonyl (C=O) groups excluding carboxylic acids is 2. The Bertz CT molecular complexity index is 992. The number of nitrogens with one attached hydrogen (secondary N) is 1. The molecule has 1 amide bonds. The van der Waals surface area contributed by atoms with Gasteiger partial charge in [0, 0.05) is 18.5 Å². The lowest BCUT2D eigenvalue weighted by molar-refractivity contribution is 0.0941. The molecule has 0 saturated heterocycles. The van der Waals surface area contributed by atoms with E-state index >= 15 is 0 Å². The summed E-state index contributed by atoms with van der Waals surface area (Å²) in [6.07, 6.45) is 1.55. The van der Waals surface area contributed by atoms with E-state index in [4.69, 9.17) is 14.2 Å². The first-order chi connectivity index (χ1) is 13.5. The van der Waals surface area contributed by atoms with Gasteiger partial charge in [0.1, 0.15) is 23.9 Å². The van der Waals surface area contributed by atoms with Crippen LogP contribution in [0.4, 0.5) is 0 Å². The van der Waals surface area contributed by atoms with Crippen LogP contribution in [0, 0.1) is 0 Å². The maximum absolute atomic E-state index is 12.6. The largest absolute Gasteiger partial charge is 0.497 e. The zero-order valence-electron chi connectivity index (χ0n) is 16.0. The lowest BCUT2D eigenvalue weighted by Gasteiger charge is -2.08. The zero-order chi connectivity index (χ0) is 20.1. The number of ether oxygens (including phenoxy) is 3. The molecular formula is C21H22N2O5. The molecule has 1 N–H and O–H groups in total. The summed E-state index contributed by atoms with van der Waals surface area (Å²) in [5, 5.41) is 3.48. The molecule has 1 aromatic heterocycles. The molecular weight excluding hydrogens is 360 g/mol. The van der Waals surface area contributed by atoms with Gasteiger partial charge in [0.2, 0.25) is 5.91 Å². The molecule has 146 valence electrons. The Morgan fingerprint density at radius 2 is 1.61 bits per heavy atom. The standard InChI is InChI=1S/C21H22N2O5/c1-14(24)23-13-19(18-12-17(27-3)8-9-20(18)23)21(25)22-10-11-28-16-6-4-15(26-2)5-7-16/h4-9,12-13H,10-11H2,1-3H3,(H,22,25). The molecule has 0 unspecified atom stereocenters. The molecule has 0 atom stereocenters. The number of hydrogen-bond donors (Lipinski definition) is 1. The van der Waals surface area contributed by atoms with Gasteiger partial charge < -0.3 is 19.5 Å². The predicted molar refractivity (Wildman–Crippen MR) is 106 cm³/mol. The van der Waals surface area contributed by atoms with Crippen LogP contribution in [-0.4, -0.2) is 43.8 Å². The highest BCUT2D eigenvalue weighted by Gasteiger charge is 2.17. The van der Waals surface area contributed by atoms with E-state index in [9.17, 15) is 9.59 Å². The summed E-state index contributed by atoms with van der Waals surface area (Å²) in [7, 11) is 3.16. The molecule has 0 aliphatic rings. The summed E-state index contributed by atoms with van der Waals surface area (Å²) in [5.41, 5.74) is 1.07. The molecule has 2 aromatic carbocycles. The van der Waals surface area contributed by atoms with Gasteiger partial charge in [-0.05, 0) is 42.5 Å². The highest BCUT2D eigenvalue weighted by atomic mass is 16.5. The van der Waals surface area contributed by atoms with E-state index in [2.05, 4.69) is 5.32 Å². The first-order valence-corrected chi connectivity index (χ1v) is 8.78. The third kappa shape index (κ3) is 4.09. The summed E-state index contributed by atoms with van der Waals surface area (Å²) >= 11 is 0. The lowest BCUT2D eigenvalue weighted by atomic mass is 10.1. The van der Waals surface area contributed by atoms with Crippen LogP contribution in [0.5, 0.6) is 17.2 Å². The quantitative estimate of drug-likeness (QED) is 0.635. The molecule has 0 aliphatic heterocycles. The van der Waals surface area contributed by atoms with Crippen molar-refractivity contribution in [2.24, 2.45) is 0 Å². The third-order valence-electron chi connectivity index (χ3n) is 4.31. The minimum atomic E-state index is -0.281. The number of carbonyl (C=O) groups is 2. The van der Waals surface area contributed by atoms with Gasteiger partial charge in [-0.1, -0.05) is 0 Å². The van der Waals surface area contributed by atoms with E-state index in [1.165, 1.54) is 11.5 Å². The molecule has 3 aromatic rings. The van der Waals surface area contributed by atoms with E-state index in [-0.39, 0.29) is 11.8 Å². The number of hydrogen-bond acceptors (Lipinski definition) is 5. The van der Waals surface area contributed by atoms with Gasteiger partial charge in [-0.2, -0.15) is 0 Å². The van der Waals surface area contributed by atoms with Gasteiger partial charge in [-0.15, -0.1) is 0 Å². The van der Waals surface area contributed by atoms with Crippen molar-refractivity contribution < 1.29 is 23.8 Å². The van der Waals surface area contributed by atoms with Crippen LogP contribution in [-0.2, 0) is 0 Å². The highest BCUT2D eigenvalue weighted by Crippen LogP contribution is 2.26. The number of fused-ring (bicyclic) bond motifs is 1. The normalized spacial score (nSPS) is 10.5. The van der Waals surface area contributed by atoms with Gasteiger partial charge in [-0.25, -0.2) is 0 Å². The van der Waals surface area contributed by atoms with Crippen molar-refractivity contribution >= 4 is 22.7 Å². The lowest BCUT2D eigenvalue weighted by Crippen LogP contribution is -2.28. The Morgan fingerprint density at radius 1 is 0.964 bits per heavy atom. The summed E-state index contributed by atoms with van der Waals surface area (Å²) in [6, 6.07) is 12.5. The summed E-state index contributed by atoms with van der Waals surface area (Å²) in [5.74, 6) is 1.60. The molecule has 0 saturated carbocycles. The molecule has 0 fully saturated rings. The second-order valence-corrected chi connectivity index (χ2v) is 6.09. The van der Waals surface area contributed by atoms with Crippen LogP contribution in [0.2, 0.25) is 0 Å². The van der Waals surface area contributed by atoms with E-state index in [1.807, 2.05) is 0 Å². The number of nitrogens with zero attached hydrogens (tertiary/aromatic N) is 1. The van der Waals surface area contributed by atoms with Crippen LogP contribution in [0.25, 0.3) is 10.9 Å². The number of aromatic nitrogens is 1. The van der Waals surface area contributed by atoms with Crippen LogP contribution in [0.3, 0.4) is 0 Å². The van der Waals surface area contributed by atoms with Gasteiger partial charge in [0.25, 0.3) is 5.91 Å². The minimum absolute atomic E-state index is 0.169. The Morgan fingerprint density at radius 3 is 2.25 bits per heavy atom. The third-order valence-corrected chi connectivity index (χ3v) is 4.31. The zero-order valence-corrected chi connectivity index (χ0v) is 16.0. The van der Waals surface area contributed by atoms with Crippen molar-refractivity contribution in [2.75, 3.05) is 27.4 Å². The maximum atomic E-state index is 12.6. The molecule has 7 nitrogen and oxygen atoms in total. The van der Waals surface area contributed by atoms with Crippen LogP contribution in [0.1, 0.15) is 22.1 Å². The minimum Gasteiger partial charge on any atom is -0.497 e. The second-order valence-electron chi connectivity index (χ2n) is 6.09. The highest BCUT2D eigenvalue weighted by molar-refractivity contribution is 6.09. The average molecular weight is 382 g/mol. The van der Waals surface area contributed by atoms with Crippen molar-refractivity contribution in [3.05, 3.63) is 54.2 Å². The SMILES string of the molecule is COc1ccc(OCCNC(=O)c2cn(C(C)=O)c3ccc(OC)cc23)cc1. The number of rotatable bonds is 7. The second kappa shape index (κ2) is 8.47. The van der Waals surface area contributed by atoms with Crippen molar-refractivity contribution in [2.45, 2.75) is 6.92 Å². The summed E-state index contributed by atoms with van der Waals surface area (Å²) in [6.45, 7) is 2.09. The van der Waals surface area contributed by atoms with Crippen LogP contribution >= 0.6 is 0 Å².